The van der Waals surface area contributed by atoms with E-state index in [1.54, 1.807) is 18.2 Å². The normalized spacial score (nSPS) is 10.3. The molecule has 0 fully saturated rings. The van der Waals surface area contributed by atoms with Crippen LogP contribution in [0.25, 0.3) is 0 Å². The fourth-order valence-corrected chi connectivity index (χ4v) is 2.73. The van der Waals surface area contributed by atoms with Crippen LogP contribution in [0.5, 0.6) is 0 Å². The maximum absolute atomic E-state index is 12.0. The van der Waals surface area contributed by atoms with Crippen LogP contribution in [0.1, 0.15) is 15.9 Å². The molecule has 27 heavy (non-hydrogen) atoms. The predicted molar refractivity (Wildman–Crippen MR) is 106 cm³/mol. The highest BCUT2D eigenvalue weighted by molar-refractivity contribution is 5.97. The number of benzene rings is 2. The van der Waals surface area contributed by atoms with Crippen molar-refractivity contribution < 1.29 is 9.53 Å². The Balaban J connectivity index is 1.87. The standard InChI is InChI=1S/C20H21N5O2/c1-25(12-14-8-4-3-5-9-14)19-17(21)18(22-13-23-19)24-16-11-7-6-10-15(16)20(26)27-2/h3-11,13H,12,21H2,1-2H3,(H,22,23,24). The number of carbonyl (C=O) groups is 1. The third kappa shape index (κ3) is 4.14. The zero-order valence-corrected chi connectivity index (χ0v) is 15.2. The van der Waals surface area contributed by atoms with E-state index in [1.165, 1.54) is 13.4 Å². The smallest absolute Gasteiger partial charge is 0.339 e. The molecule has 0 atom stereocenters. The van der Waals surface area contributed by atoms with Crippen LogP contribution in [0.3, 0.4) is 0 Å². The molecule has 0 amide bonds. The average molecular weight is 363 g/mol. The molecule has 7 nitrogen and oxygen atoms in total. The Hall–Kier alpha value is -3.61. The molecule has 2 aromatic carbocycles. The van der Waals surface area contributed by atoms with Crippen molar-refractivity contribution in [3.8, 4) is 0 Å². The molecule has 0 saturated carbocycles. The maximum Gasteiger partial charge on any atom is 0.339 e. The highest BCUT2D eigenvalue weighted by Crippen LogP contribution is 2.30. The van der Waals surface area contributed by atoms with Crippen LogP contribution in [0.15, 0.2) is 60.9 Å². The van der Waals surface area contributed by atoms with Gasteiger partial charge in [-0.15, -0.1) is 0 Å². The minimum atomic E-state index is -0.438. The van der Waals surface area contributed by atoms with Crippen molar-refractivity contribution in [3.63, 3.8) is 0 Å². The summed E-state index contributed by atoms with van der Waals surface area (Å²) in [4.78, 5) is 22.4. The van der Waals surface area contributed by atoms with Crippen molar-refractivity contribution in [1.82, 2.24) is 9.97 Å². The Morgan fingerprint density at radius 1 is 1.11 bits per heavy atom. The number of hydrogen-bond acceptors (Lipinski definition) is 7. The summed E-state index contributed by atoms with van der Waals surface area (Å²) in [5.41, 5.74) is 8.80. The van der Waals surface area contributed by atoms with E-state index in [-0.39, 0.29) is 0 Å². The predicted octanol–water partition coefficient (Wildman–Crippen LogP) is 3.23. The molecule has 0 aliphatic heterocycles. The summed E-state index contributed by atoms with van der Waals surface area (Å²) in [5, 5.41) is 3.11. The number of aromatic nitrogens is 2. The lowest BCUT2D eigenvalue weighted by Gasteiger charge is -2.21. The van der Waals surface area contributed by atoms with Gasteiger partial charge in [-0.1, -0.05) is 42.5 Å². The Morgan fingerprint density at radius 3 is 2.56 bits per heavy atom. The Kier molecular flexibility index (Phi) is 5.51. The van der Waals surface area contributed by atoms with Gasteiger partial charge in [-0.25, -0.2) is 14.8 Å². The first kappa shape index (κ1) is 18.2. The number of carbonyl (C=O) groups excluding carboxylic acids is 1. The molecule has 0 aliphatic carbocycles. The van der Waals surface area contributed by atoms with E-state index in [0.717, 1.165) is 5.56 Å². The molecular formula is C20H21N5O2. The second-order valence-corrected chi connectivity index (χ2v) is 5.96. The van der Waals surface area contributed by atoms with Gasteiger partial charge in [0.1, 0.15) is 12.0 Å². The molecule has 1 aromatic heterocycles. The van der Waals surface area contributed by atoms with Gasteiger partial charge in [-0.05, 0) is 17.7 Å². The SMILES string of the molecule is COC(=O)c1ccccc1Nc1ncnc(N(C)Cc2ccccc2)c1N. The highest BCUT2D eigenvalue weighted by Gasteiger charge is 2.16. The summed E-state index contributed by atoms with van der Waals surface area (Å²) in [7, 11) is 3.26. The van der Waals surface area contributed by atoms with Gasteiger partial charge in [-0.3, -0.25) is 0 Å². The summed E-state index contributed by atoms with van der Waals surface area (Å²) >= 11 is 0. The second kappa shape index (κ2) is 8.18. The van der Waals surface area contributed by atoms with Gasteiger partial charge in [0.25, 0.3) is 0 Å². The largest absolute Gasteiger partial charge is 0.465 e. The maximum atomic E-state index is 12.0. The van der Waals surface area contributed by atoms with Crippen molar-refractivity contribution in [2.75, 3.05) is 30.1 Å². The van der Waals surface area contributed by atoms with Crippen LogP contribution in [-0.4, -0.2) is 30.1 Å². The van der Waals surface area contributed by atoms with Crippen molar-refractivity contribution in [2.24, 2.45) is 0 Å². The molecule has 0 unspecified atom stereocenters. The number of hydrogen-bond donors (Lipinski definition) is 2. The average Bonchev–Trinajstić information content (AvgIpc) is 2.70. The summed E-state index contributed by atoms with van der Waals surface area (Å²) < 4.78 is 4.82. The molecule has 138 valence electrons. The van der Waals surface area contributed by atoms with E-state index in [9.17, 15) is 4.79 Å². The van der Waals surface area contributed by atoms with Gasteiger partial charge >= 0.3 is 5.97 Å². The van der Waals surface area contributed by atoms with Crippen molar-refractivity contribution in [3.05, 3.63) is 72.1 Å². The van der Waals surface area contributed by atoms with Crippen LogP contribution in [0.4, 0.5) is 23.0 Å². The number of nitrogens with one attached hydrogen (secondary N) is 1. The zero-order valence-electron chi connectivity index (χ0n) is 15.2. The molecule has 0 radical (unpaired) electrons. The van der Waals surface area contributed by atoms with Gasteiger partial charge in [0.2, 0.25) is 0 Å². The molecule has 3 N–H and O–H groups in total. The Labute approximate surface area is 157 Å². The first-order chi connectivity index (χ1) is 13.1. The van der Waals surface area contributed by atoms with E-state index in [2.05, 4.69) is 15.3 Å². The van der Waals surface area contributed by atoms with Gasteiger partial charge in [0, 0.05) is 13.6 Å². The van der Waals surface area contributed by atoms with Crippen LogP contribution in [0, 0.1) is 0 Å². The number of nitrogens with zero attached hydrogens (tertiary/aromatic N) is 3. The first-order valence-electron chi connectivity index (χ1n) is 8.40. The minimum absolute atomic E-state index is 0.399. The van der Waals surface area contributed by atoms with E-state index >= 15 is 0 Å². The second-order valence-electron chi connectivity index (χ2n) is 5.96. The minimum Gasteiger partial charge on any atom is -0.465 e. The number of rotatable bonds is 6. The third-order valence-electron chi connectivity index (χ3n) is 4.07. The third-order valence-corrected chi connectivity index (χ3v) is 4.07. The molecule has 0 spiro atoms. The molecule has 3 rings (SSSR count). The van der Waals surface area contributed by atoms with E-state index in [0.29, 0.717) is 35.1 Å². The molecule has 1 heterocycles. The summed E-state index contributed by atoms with van der Waals surface area (Å²) in [6, 6.07) is 17.1. The zero-order chi connectivity index (χ0) is 19.2. The van der Waals surface area contributed by atoms with Crippen LogP contribution < -0.4 is 16.0 Å². The van der Waals surface area contributed by atoms with Gasteiger partial charge < -0.3 is 20.7 Å². The van der Waals surface area contributed by atoms with E-state index in [1.807, 2.05) is 48.3 Å². The molecule has 3 aromatic rings. The molecule has 7 heteroatoms. The lowest BCUT2D eigenvalue weighted by molar-refractivity contribution is 0.0602. The van der Waals surface area contributed by atoms with Gasteiger partial charge in [0.15, 0.2) is 11.6 Å². The molecular weight excluding hydrogens is 342 g/mol. The molecule has 0 aliphatic rings. The van der Waals surface area contributed by atoms with E-state index in [4.69, 9.17) is 10.5 Å². The summed E-state index contributed by atoms with van der Waals surface area (Å²) in [5.74, 6) is 0.593. The van der Waals surface area contributed by atoms with Gasteiger partial charge in [-0.2, -0.15) is 0 Å². The topological polar surface area (TPSA) is 93.4 Å². The fourth-order valence-electron chi connectivity index (χ4n) is 2.73. The van der Waals surface area contributed by atoms with Crippen molar-refractivity contribution in [2.45, 2.75) is 6.54 Å². The molecule has 0 bridgehead atoms. The van der Waals surface area contributed by atoms with Crippen LogP contribution in [-0.2, 0) is 11.3 Å². The molecule has 0 saturated heterocycles. The quantitative estimate of drug-likeness (QED) is 0.649. The number of ether oxygens (including phenoxy) is 1. The fraction of sp³-hybridized carbons (Fsp3) is 0.150. The lowest BCUT2D eigenvalue weighted by Crippen LogP contribution is -2.20. The van der Waals surface area contributed by atoms with Crippen molar-refractivity contribution >= 4 is 29.0 Å². The van der Waals surface area contributed by atoms with Gasteiger partial charge in [0.05, 0.1) is 18.4 Å². The first-order valence-corrected chi connectivity index (χ1v) is 8.40. The number of esters is 1. The monoisotopic (exact) mass is 363 g/mol. The van der Waals surface area contributed by atoms with Crippen LogP contribution >= 0.6 is 0 Å². The van der Waals surface area contributed by atoms with Crippen LogP contribution in [0.2, 0.25) is 0 Å². The number of methoxy groups -OCH3 is 1. The highest BCUT2D eigenvalue weighted by atomic mass is 16.5. The number of nitrogen functional groups attached to an aromatic ring is 1. The van der Waals surface area contributed by atoms with Crippen molar-refractivity contribution in [1.29, 1.82) is 0 Å². The Morgan fingerprint density at radius 2 is 1.81 bits per heavy atom. The number of anilines is 4. The summed E-state index contributed by atoms with van der Waals surface area (Å²) in [6.45, 7) is 0.653. The Bertz CT molecular complexity index is 931. The summed E-state index contributed by atoms with van der Waals surface area (Å²) in [6.07, 6.45) is 1.44. The number of para-hydroxylation sites is 1. The lowest BCUT2D eigenvalue weighted by atomic mass is 10.1. The van der Waals surface area contributed by atoms with E-state index < -0.39 is 5.97 Å². The number of nitrogens with two attached hydrogens (primary N) is 1.